The molecule has 1 aromatic heterocycles. The van der Waals surface area contributed by atoms with E-state index in [1.54, 1.807) is 11.0 Å². The van der Waals surface area contributed by atoms with Gasteiger partial charge >= 0.3 is 6.18 Å². The number of aryl methyl sites for hydroxylation is 1. The van der Waals surface area contributed by atoms with Crippen molar-refractivity contribution in [2.24, 2.45) is 11.8 Å². The third-order valence-electron chi connectivity index (χ3n) is 6.54. The summed E-state index contributed by atoms with van der Waals surface area (Å²) in [5.41, 5.74) is 1.70. The molecular formula is C19H23ClF3N3O. The molecule has 3 heterocycles. The molecule has 27 heavy (non-hydrogen) atoms. The van der Waals surface area contributed by atoms with Crippen LogP contribution in [-0.2, 0) is 16.6 Å². The number of alkyl halides is 3. The van der Waals surface area contributed by atoms with E-state index in [0.29, 0.717) is 18.2 Å². The van der Waals surface area contributed by atoms with Gasteiger partial charge in [-0.2, -0.15) is 13.2 Å². The third kappa shape index (κ3) is 3.33. The van der Waals surface area contributed by atoms with Crippen LogP contribution >= 0.6 is 11.6 Å². The number of hydrogen-bond donors (Lipinski definition) is 1. The van der Waals surface area contributed by atoms with Crippen molar-refractivity contribution in [3.05, 3.63) is 28.5 Å². The third-order valence-corrected chi connectivity index (χ3v) is 6.75. The molecule has 0 unspecified atom stereocenters. The van der Waals surface area contributed by atoms with Crippen molar-refractivity contribution in [2.45, 2.75) is 43.7 Å². The van der Waals surface area contributed by atoms with E-state index in [0.717, 1.165) is 30.5 Å². The molecule has 1 aromatic rings. The molecular weight excluding hydrogens is 379 g/mol. The Morgan fingerprint density at radius 2 is 2.04 bits per heavy atom. The van der Waals surface area contributed by atoms with Gasteiger partial charge in [-0.25, -0.2) is 4.98 Å². The summed E-state index contributed by atoms with van der Waals surface area (Å²) in [5, 5.41) is 3.81. The molecule has 2 fully saturated rings. The van der Waals surface area contributed by atoms with Gasteiger partial charge < -0.3 is 10.2 Å². The highest BCUT2D eigenvalue weighted by Crippen LogP contribution is 2.46. The van der Waals surface area contributed by atoms with Crippen LogP contribution in [0.15, 0.2) is 12.1 Å². The highest BCUT2D eigenvalue weighted by Gasteiger charge is 2.52. The maximum atomic E-state index is 13.3. The molecule has 4 nitrogen and oxygen atoms in total. The van der Waals surface area contributed by atoms with Gasteiger partial charge in [0.25, 0.3) is 0 Å². The van der Waals surface area contributed by atoms with Crippen LogP contribution in [0.3, 0.4) is 0 Å². The fraction of sp³-hybridized carbons (Fsp3) is 0.684. The van der Waals surface area contributed by atoms with Gasteiger partial charge in [0.05, 0.1) is 11.8 Å². The number of likely N-dealkylation sites (tertiary alicyclic amines) is 1. The Morgan fingerprint density at radius 3 is 2.74 bits per heavy atom. The minimum Gasteiger partial charge on any atom is -0.342 e. The van der Waals surface area contributed by atoms with Crippen molar-refractivity contribution in [3.63, 3.8) is 0 Å². The number of hydrogen-bond acceptors (Lipinski definition) is 3. The molecule has 2 atom stereocenters. The summed E-state index contributed by atoms with van der Waals surface area (Å²) in [6, 6.07) is 3.75. The van der Waals surface area contributed by atoms with E-state index in [2.05, 4.69) is 10.3 Å². The van der Waals surface area contributed by atoms with E-state index >= 15 is 0 Å². The molecule has 0 aromatic carbocycles. The quantitative estimate of drug-likeness (QED) is 0.734. The number of piperidine rings is 1. The number of pyridine rings is 1. The van der Waals surface area contributed by atoms with Gasteiger partial charge in [0.15, 0.2) is 0 Å². The van der Waals surface area contributed by atoms with Gasteiger partial charge in [-0.15, -0.1) is 0 Å². The van der Waals surface area contributed by atoms with E-state index in [1.807, 2.05) is 6.07 Å². The van der Waals surface area contributed by atoms with Gasteiger partial charge in [-0.3, -0.25) is 4.79 Å². The fourth-order valence-electron chi connectivity index (χ4n) is 5.10. The first kappa shape index (κ1) is 19.0. The molecule has 148 valence electrons. The number of nitrogens with zero attached hydrogens (tertiary/aromatic N) is 2. The number of fused-ring (bicyclic) bond motifs is 2. The van der Waals surface area contributed by atoms with Crippen LogP contribution < -0.4 is 5.32 Å². The van der Waals surface area contributed by atoms with Gasteiger partial charge in [0, 0.05) is 37.3 Å². The Bertz CT molecular complexity index is 733. The van der Waals surface area contributed by atoms with Gasteiger partial charge in [-0.1, -0.05) is 17.7 Å². The Morgan fingerprint density at radius 1 is 1.30 bits per heavy atom. The molecule has 1 amide bonds. The number of halogens is 4. The maximum absolute atomic E-state index is 13.3. The summed E-state index contributed by atoms with van der Waals surface area (Å²) in [7, 11) is 0. The average molecular weight is 402 g/mol. The molecule has 1 N–H and O–H groups in total. The highest BCUT2D eigenvalue weighted by molar-refractivity contribution is 6.29. The molecule has 3 aliphatic rings. The molecule has 0 bridgehead atoms. The molecule has 0 saturated carbocycles. The fourth-order valence-corrected chi connectivity index (χ4v) is 5.26. The Hall–Kier alpha value is -1.34. The van der Waals surface area contributed by atoms with Crippen LogP contribution in [-0.4, -0.2) is 48.1 Å². The van der Waals surface area contributed by atoms with E-state index in [-0.39, 0.29) is 43.2 Å². The lowest BCUT2D eigenvalue weighted by Crippen LogP contribution is -2.50. The van der Waals surface area contributed by atoms with Gasteiger partial charge in [0.1, 0.15) is 5.15 Å². The Labute approximate surface area is 161 Å². The van der Waals surface area contributed by atoms with Gasteiger partial charge in [-0.05, 0) is 43.7 Å². The zero-order valence-corrected chi connectivity index (χ0v) is 15.7. The highest BCUT2D eigenvalue weighted by atomic mass is 35.5. The van der Waals surface area contributed by atoms with Crippen molar-refractivity contribution in [1.29, 1.82) is 0 Å². The summed E-state index contributed by atoms with van der Waals surface area (Å²) in [6.07, 6.45) is -1.52. The second-order valence-electron chi connectivity index (χ2n) is 7.96. The Balaban J connectivity index is 1.56. The molecule has 2 saturated heterocycles. The van der Waals surface area contributed by atoms with Crippen molar-refractivity contribution >= 4 is 17.5 Å². The van der Waals surface area contributed by atoms with Crippen molar-refractivity contribution in [2.75, 3.05) is 26.2 Å². The number of carbonyl (C=O) groups excluding carboxylic acids is 1. The van der Waals surface area contributed by atoms with E-state index in [4.69, 9.17) is 11.6 Å². The predicted molar refractivity (Wildman–Crippen MR) is 95.6 cm³/mol. The molecule has 8 heteroatoms. The zero-order valence-electron chi connectivity index (χ0n) is 15.0. The van der Waals surface area contributed by atoms with Crippen LogP contribution in [0, 0.1) is 11.8 Å². The summed E-state index contributed by atoms with van der Waals surface area (Å²) < 4.78 is 38.8. The first-order valence-corrected chi connectivity index (χ1v) is 9.91. The van der Waals surface area contributed by atoms with Crippen molar-refractivity contribution in [3.8, 4) is 0 Å². The van der Waals surface area contributed by atoms with Crippen LogP contribution in [0.25, 0.3) is 0 Å². The summed E-state index contributed by atoms with van der Waals surface area (Å²) in [4.78, 5) is 19.4. The van der Waals surface area contributed by atoms with Crippen LogP contribution in [0.4, 0.5) is 13.2 Å². The van der Waals surface area contributed by atoms with Gasteiger partial charge in [0.2, 0.25) is 5.91 Å². The number of aromatic nitrogens is 1. The molecule has 2 aliphatic heterocycles. The summed E-state index contributed by atoms with van der Waals surface area (Å²) in [5.74, 6) is -1.58. The smallest absolute Gasteiger partial charge is 0.342 e. The first-order valence-electron chi connectivity index (χ1n) is 9.53. The number of rotatable bonds is 1. The minimum absolute atomic E-state index is 0.00383. The van der Waals surface area contributed by atoms with Crippen LogP contribution in [0.5, 0.6) is 0 Å². The topological polar surface area (TPSA) is 45.2 Å². The second-order valence-corrected chi connectivity index (χ2v) is 8.35. The SMILES string of the molecule is O=C([C@@H]1CNC[C@]12CCCc1nc(Cl)ccc12)N1CCC(C(F)(F)F)CC1. The zero-order chi connectivity index (χ0) is 19.2. The number of carbonyl (C=O) groups is 1. The van der Waals surface area contributed by atoms with E-state index in [9.17, 15) is 18.0 Å². The van der Waals surface area contributed by atoms with Crippen molar-refractivity contribution < 1.29 is 18.0 Å². The normalized spacial score (nSPS) is 29.2. The second kappa shape index (κ2) is 6.92. The first-order chi connectivity index (χ1) is 12.8. The van der Waals surface area contributed by atoms with Crippen LogP contribution in [0.1, 0.15) is 36.9 Å². The molecule has 1 spiro atoms. The Kier molecular flexibility index (Phi) is 4.87. The van der Waals surface area contributed by atoms with E-state index < -0.39 is 12.1 Å². The number of amides is 1. The van der Waals surface area contributed by atoms with Crippen LogP contribution in [0.2, 0.25) is 5.15 Å². The molecule has 4 rings (SSSR count). The lowest BCUT2D eigenvalue weighted by molar-refractivity contribution is -0.187. The number of nitrogens with one attached hydrogen (secondary N) is 1. The van der Waals surface area contributed by atoms with E-state index in [1.165, 1.54) is 0 Å². The lowest BCUT2D eigenvalue weighted by Gasteiger charge is -2.42. The standard InChI is InChI=1S/C19H23ClF3N3O/c20-16-4-3-13-15(25-16)2-1-7-18(13)11-24-10-14(18)17(27)26-8-5-12(6-9-26)19(21,22)23/h3-4,12,14,24H,1-2,5-11H2/t14-,18-/m0/s1. The maximum Gasteiger partial charge on any atom is 0.391 e. The average Bonchev–Trinajstić information content (AvgIpc) is 3.04. The largest absolute Gasteiger partial charge is 0.391 e. The predicted octanol–water partition coefficient (Wildman–Crippen LogP) is 3.33. The van der Waals surface area contributed by atoms with Crippen molar-refractivity contribution in [1.82, 2.24) is 15.2 Å². The summed E-state index contributed by atoms with van der Waals surface area (Å²) >= 11 is 6.05. The minimum atomic E-state index is -4.17. The molecule has 1 aliphatic carbocycles. The lowest BCUT2D eigenvalue weighted by atomic mass is 9.65. The monoisotopic (exact) mass is 401 g/mol. The summed E-state index contributed by atoms with van der Waals surface area (Å²) in [6.45, 7) is 1.61. The molecule has 0 radical (unpaired) electrons.